The fraction of sp³-hybridized carbons (Fsp3) is 0.462. The zero-order valence-corrected chi connectivity index (χ0v) is 22.8. The van der Waals surface area contributed by atoms with Gasteiger partial charge in [-0.15, -0.1) is 0 Å². The summed E-state index contributed by atoms with van der Waals surface area (Å²) in [5.41, 5.74) is -1.81. The number of halogens is 1. The quantitative estimate of drug-likeness (QED) is 0.348. The highest BCUT2D eigenvalue weighted by atomic mass is 19.1. The van der Waals surface area contributed by atoms with Gasteiger partial charge in [0.2, 0.25) is 5.43 Å². The summed E-state index contributed by atoms with van der Waals surface area (Å²) < 4.78 is 33.0. The monoisotopic (exact) mass is 589 g/mol. The number of methoxy groups -OCH3 is 2. The summed E-state index contributed by atoms with van der Waals surface area (Å²) >= 11 is 0. The van der Waals surface area contributed by atoms with Gasteiger partial charge >= 0.3 is 18.0 Å². The average Bonchev–Trinajstić information content (AvgIpc) is 3.26. The first-order valence-corrected chi connectivity index (χ1v) is 13.0. The Kier molecular flexibility index (Phi) is 7.70. The number of carboxylic acid groups (broad SMARTS) is 2. The summed E-state index contributed by atoms with van der Waals surface area (Å²) in [6.45, 7) is 1.92. The molecule has 3 N–H and O–H groups in total. The molecule has 3 aliphatic rings. The third-order valence-corrected chi connectivity index (χ3v) is 7.74. The van der Waals surface area contributed by atoms with Crippen LogP contribution in [-0.2, 0) is 30.3 Å². The normalized spacial score (nSPS) is 23.7. The molecule has 224 valence electrons. The zero-order valence-electron chi connectivity index (χ0n) is 22.8. The molecule has 0 aromatic carbocycles. The van der Waals surface area contributed by atoms with Crippen molar-refractivity contribution in [2.45, 2.75) is 37.8 Å². The second-order valence-electron chi connectivity index (χ2n) is 9.85. The van der Waals surface area contributed by atoms with E-state index in [1.807, 2.05) is 0 Å². The Morgan fingerprint density at radius 3 is 2.48 bits per heavy atom. The Bertz CT molecular complexity index is 1590. The van der Waals surface area contributed by atoms with Crippen molar-refractivity contribution in [1.82, 2.24) is 24.7 Å². The van der Waals surface area contributed by atoms with E-state index in [0.29, 0.717) is 6.54 Å². The van der Waals surface area contributed by atoms with Crippen LogP contribution in [0.1, 0.15) is 29.0 Å². The van der Waals surface area contributed by atoms with Crippen LogP contribution in [0.2, 0.25) is 0 Å². The summed E-state index contributed by atoms with van der Waals surface area (Å²) in [4.78, 5) is 68.7. The average molecular weight is 590 g/mol. The number of nitrogens with one attached hydrogen (secondary N) is 1. The second-order valence-corrected chi connectivity index (χ2v) is 9.85. The number of β-lactam (4-membered cyclic amide) rings is 1. The number of aryl methyl sites for hydroxylation is 1. The molecule has 0 bridgehead atoms. The number of ether oxygens (including phenoxy) is 3. The molecule has 16 heteroatoms. The number of rotatable bonds is 8. The summed E-state index contributed by atoms with van der Waals surface area (Å²) in [6.07, 6.45) is -1.57. The molecule has 2 saturated heterocycles. The third-order valence-electron chi connectivity index (χ3n) is 7.74. The summed E-state index contributed by atoms with van der Waals surface area (Å²) in [5, 5.41) is 22.0. The van der Waals surface area contributed by atoms with Gasteiger partial charge in [0.15, 0.2) is 6.10 Å². The number of aliphatic carboxylic acids is 1. The van der Waals surface area contributed by atoms with Gasteiger partial charge in [-0.2, -0.15) is 0 Å². The number of carbonyl (C=O) groups is 4. The van der Waals surface area contributed by atoms with E-state index in [-0.39, 0.29) is 47.6 Å². The zero-order chi connectivity index (χ0) is 30.5. The van der Waals surface area contributed by atoms with E-state index in [1.165, 1.54) is 23.7 Å². The molecule has 2 fully saturated rings. The fourth-order valence-corrected chi connectivity index (χ4v) is 5.76. The molecule has 1 unspecified atom stereocenters. The van der Waals surface area contributed by atoms with Gasteiger partial charge in [-0.1, -0.05) is 0 Å². The number of hydrogen-bond donors (Lipinski definition) is 3. The summed E-state index contributed by atoms with van der Waals surface area (Å²) in [5.74, 6) is -4.32. The topological polar surface area (TPSA) is 190 Å². The molecule has 2 amide bonds. The van der Waals surface area contributed by atoms with Crippen molar-refractivity contribution in [3.05, 3.63) is 50.8 Å². The molecule has 0 saturated carbocycles. The molecule has 4 atom stereocenters. The molecule has 0 radical (unpaired) electrons. The van der Waals surface area contributed by atoms with E-state index in [9.17, 15) is 34.2 Å². The first kappa shape index (κ1) is 29.1. The van der Waals surface area contributed by atoms with Gasteiger partial charge in [-0.25, -0.2) is 23.8 Å². The Labute approximate surface area is 237 Å². The number of aromatic nitrogens is 2. The van der Waals surface area contributed by atoms with Crippen LogP contribution in [0.15, 0.2) is 28.3 Å². The largest absolute Gasteiger partial charge is 0.477 e. The van der Waals surface area contributed by atoms with E-state index in [2.05, 4.69) is 10.3 Å². The van der Waals surface area contributed by atoms with Gasteiger partial charge in [-0.05, 0) is 13.0 Å². The van der Waals surface area contributed by atoms with Crippen LogP contribution >= 0.6 is 0 Å². The molecule has 0 aliphatic carbocycles. The van der Waals surface area contributed by atoms with E-state index in [1.54, 1.807) is 6.92 Å². The van der Waals surface area contributed by atoms with E-state index >= 15 is 4.39 Å². The van der Waals surface area contributed by atoms with Gasteiger partial charge in [0.05, 0.1) is 11.4 Å². The lowest BCUT2D eigenvalue weighted by molar-refractivity contribution is -0.172. The number of nitrogens with zero attached hydrogens (tertiary/aromatic N) is 4. The van der Waals surface area contributed by atoms with Crippen molar-refractivity contribution >= 4 is 35.0 Å². The summed E-state index contributed by atoms with van der Waals surface area (Å²) in [7, 11) is 2.65. The van der Waals surface area contributed by atoms with Crippen LogP contribution in [0.25, 0.3) is 11.0 Å². The van der Waals surface area contributed by atoms with Gasteiger partial charge in [0.25, 0.3) is 5.91 Å². The molecule has 3 aliphatic heterocycles. The van der Waals surface area contributed by atoms with Gasteiger partial charge in [-0.3, -0.25) is 19.4 Å². The molecule has 15 nitrogen and oxygen atoms in total. The minimum atomic E-state index is -1.45. The highest BCUT2D eigenvalue weighted by Gasteiger charge is 2.61. The van der Waals surface area contributed by atoms with E-state index in [4.69, 9.17) is 14.2 Å². The van der Waals surface area contributed by atoms with Crippen LogP contribution in [0.5, 0.6) is 0 Å². The predicted octanol–water partition coefficient (Wildman–Crippen LogP) is -0.0703. The number of carboxylic acids is 2. The number of piperazine rings is 1. The smallest absolute Gasteiger partial charge is 0.410 e. The molecule has 2 aromatic heterocycles. The lowest BCUT2D eigenvalue weighted by atomic mass is 9.94. The van der Waals surface area contributed by atoms with Gasteiger partial charge < -0.3 is 34.3 Å². The molecular weight excluding hydrogens is 561 g/mol. The molecule has 5 heterocycles. The molecular formula is C26H28FN5O10. The van der Waals surface area contributed by atoms with Crippen LogP contribution in [0.4, 0.5) is 9.18 Å². The molecule has 5 rings (SSSR count). The van der Waals surface area contributed by atoms with E-state index < -0.39 is 71.6 Å². The van der Waals surface area contributed by atoms with Crippen LogP contribution in [0, 0.1) is 5.82 Å². The number of carbonyl (C=O) groups excluding carboxylic acids is 2. The molecule has 2 aromatic rings. The maximum atomic E-state index is 15.5. The number of aromatic carboxylic acids is 1. The number of amides is 2. The number of hydrogen-bond acceptors (Lipinski definition) is 10. The minimum absolute atomic E-state index is 0.0508. The van der Waals surface area contributed by atoms with Crippen molar-refractivity contribution in [2.24, 2.45) is 0 Å². The van der Waals surface area contributed by atoms with Crippen LogP contribution in [-0.4, -0.2) is 112 Å². The predicted molar refractivity (Wildman–Crippen MR) is 139 cm³/mol. The Hall–Kier alpha value is -4.41. The second kappa shape index (κ2) is 11.1. The fourth-order valence-electron chi connectivity index (χ4n) is 5.76. The van der Waals surface area contributed by atoms with Crippen LogP contribution in [0.3, 0.4) is 0 Å². The first-order valence-electron chi connectivity index (χ1n) is 13.0. The highest BCUT2D eigenvalue weighted by molar-refractivity contribution is 6.01. The molecule has 0 spiro atoms. The lowest BCUT2D eigenvalue weighted by Crippen LogP contribution is -2.66. The van der Waals surface area contributed by atoms with Gasteiger partial charge in [0.1, 0.15) is 47.2 Å². The van der Waals surface area contributed by atoms with Crippen molar-refractivity contribution in [1.29, 1.82) is 0 Å². The Balaban J connectivity index is 1.45. The van der Waals surface area contributed by atoms with Crippen molar-refractivity contribution in [3.8, 4) is 0 Å². The van der Waals surface area contributed by atoms with Crippen molar-refractivity contribution in [3.63, 3.8) is 0 Å². The number of pyridine rings is 2. The van der Waals surface area contributed by atoms with Gasteiger partial charge in [0, 0.05) is 52.2 Å². The van der Waals surface area contributed by atoms with Crippen LogP contribution < -0.4 is 10.7 Å². The van der Waals surface area contributed by atoms with E-state index in [0.717, 1.165) is 17.2 Å². The maximum Gasteiger partial charge on any atom is 0.410 e. The van der Waals surface area contributed by atoms with Crippen molar-refractivity contribution in [2.75, 3.05) is 40.5 Å². The first-order chi connectivity index (χ1) is 20.0. The summed E-state index contributed by atoms with van der Waals surface area (Å²) in [6, 6.07) is -0.798. The lowest BCUT2D eigenvalue weighted by Gasteiger charge is -2.43. The maximum absolute atomic E-state index is 15.5. The minimum Gasteiger partial charge on any atom is -0.477 e. The number of fused-ring (bicyclic) bond motifs is 2. The Morgan fingerprint density at radius 1 is 1.14 bits per heavy atom. The SMILES string of the molecule is CCn1cc(C(=O)O)c(=O)c2cc(F)c(C3CNCCN3C(=O)OCC3=C(C(=O)O)N4C(=O)[C@H](OC)[C@H]4[C@H]3OC)nc21. The molecule has 42 heavy (non-hydrogen) atoms. The standard InChI is InChI=1S/C26H28FN5O10/c1-4-30-9-12(24(35)36)19(33)11-7-14(27)16(29-22(11)30)15-8-28-5-6-31(15)26(39)42-10-13-17(25(37)38)32-18(20(13)40-2)21(41-3)23(32)34/h7,9,15,18,20-21,28H,4-6,8,10H2,1-3H3,(H,35,36)(H,37,38)/t15?,18-,20+,21-/m1/s1. The third kappa shape index (κ3) is 4.47. The highest BCUT2D eigenvalue weighted by Crippen LogP contribution is 2.41. The Morgan fingerprint density at radius 2 is 1.86 bits per heavy atom. The van der Waals surface area contributed by atoms with Crippen molar-refractivity contribution < 1.29 is 48.0 Å².